The second-order valence-electron chi connectivity index (χ2n) is 7.62. The van der Waals surface area contributed by atoms with Gasteiger partial charge in [0.15, 0.2) is 23.1 Å². The predicted octanol–water partition coefficient (Wildman–Crippen LogP) is 5.14. The van der Waals surface area contributed by atoms with Crippen LogP contribution in [0.1, 0.15) is 24.1 Å². The number of carbonyl (C=O) groups excluding carboxylic acids is 2. The number of hydrogen-bond donors (Lipinski definition) is 1. The van der Waals surface area contributed by atoms with Crippen molar-refractivity contribution >= 4 is 23.1 Å². The fourth-order valence-corrected chi connectivity index (χ4v) is 3.94. The van der Waals surface area contributed by atoms with Gasteiger partial charge in [0.2, 0.25) is 0 Å². The number of ketones is 1. The van der Waals surface area contributed by atoms with E-state index in [1.54, 1.807) is 19.1 Å². The lowest BCUT2D eigenvalue weighted by Gasteiger charge is -2.26. The van der Waals surface area contributed by atoms with Gasteiger partial charge in [-0.3, -0.25) is 14.5 Å². The Kier molecular flexibility index (Phi) is 6.50. The van der Waals surface area contributed by atoms with Crippen molar-refractivity contribution in [2.75, 3.05) is 18.6 Å². The van der Waals surface area contributed by atoms with E-state index in [2.05, 4.69) is 0 Å². The van der Waals surface area contributed by atoms with Gasteiger partial charge in [-0.05, 0) is 61.0 Å². The molecule has 9 heteroatoms. The van der Waals surface area contributed by atoms with E-state index in [4.69, 9.17) is 9.47 Å². The number of ether oxygens (including phenoxy) is 2. The number of rotatable bonds is 6. The van der Waals surface area contributed by atoms with Gasteiger partial charge in [-0.15, -0.1) is 0 Å². The molecule has 1 amide bonds. The molecule has 35 heavy (non-hydrogen) atoms. The van der Waals surface area contributed by atoms with E-state index in [1.807, 2.05) is 0 Å². The number of aliphatic hydroxyl groups is 1. The van der Waals surface area contributed by atoms with E-state index in [9.17, 15) is 27.9 Å². The lowest BCUT2D eigenvalue weighted by atomic mass is 9.94. The van der Waals surface area contributed by atoms with E-state index in [-0.39, 0.29) is 16.8 Å². The molecule has 1 fully saturated rings. The Morgan fingerprint density at radius 3 is 2.29 bits per heavy atom. The summed E-state index contributed by atoms with van der Waals surface area (Å²) in [5.41, 5.74) is 0.0296. The molecule has 180 valence electrons. The van der Waals surface area contributed by atoms with Gasteiger partial charge in [0, 0.05) is 17.3 Å². The predicted molar refractivity (Wildman–Crippen MR) is 122 cm³/mol. The molecule has 1 aliphatic rings. The number of carbonyl (C=O) groups is 2. The van der Waals surface area contributed by atoms with Gasteiger partial charge in [-0.25, -0.2) is 13.2 Å². The molecule has 1 N–H and O–H groups in total. The maximum atomic E-state index is 14.1. The zero-order valence-corrected chi connectivity index (χ0v) is 18.7. The third-order valence-corrected chi connectivity index (χ3v) is 5.55. The van der Waals surface area contributed by atoms with Crippen molar-refractivity contribution in [1.82, 2.24) is 0 Å². The molecule has 1 heterocycles. The summed E-state index contributed by atoms with van der Waals surface area (Å²) in [4.78, 5) is 27.2. The SMILES string of the molecule is CCOc1cc(C2/C(=C(\O)c3ccc(F)cc3)C(=O)C(=O)N2c2ccc(F)c(F)c2)ccc1OC. The topological polar surface area (TPSA) is 76.1 Å². The van der Waals surface area contributed by atoms with Crippen molar-refractivity contribution in [3.05, 3.63) is 94.8 Å². The molecule has 3 aromatic rings. The fraction of sp³-hybridized carbons (Fsp3) is 0.154. The van der Waals surface area contributed by atoms with Crippen LogP contribution < -0.4 is 14.4 Å². The Balaban J connectivity index is 1.97. The van der Waals surface area contributed by atoms with Crippen LogP contribution in [0.25, 0.3) is 5.76 Å². The van der Waals surface area contributed by atoms with E-state index in [0.29, 0.717) is 23.7 Å². The van der Waals surface area contributed by atoms with Gasteiger partial charge in [0.1, 0.15) is 11.6 Å². The summed E-state index contributed by atoms with van der Waals surface area (Å²) in [5, 5.41) is 11.0. The summed E-state index contributed by atoms with van der Waals surface area (Å²) < 4.78 is 52.0. The second kappa shape index (κ2) is 9.54. The Bertz CT molecular complexity index is 1340. The number of aliphatic hydroxyl groups excluding tert-OH is 1. The fourth-order valence-electron chi connectivity index (χ4n) is 3.94. The zero-order valence-electron chi connectivity index (χ0n) is 18.7. The average molecular weight is 483 g/mol. The highest BCUT2D eigenvalue weighted by Crippen LogP contribution is 2.44. The normalized spacial score (nSPS) is 17.1. The first-order chi connectivity index (χ1) is 16.8. The van der Waals surface area contributed by atoms with E-state index in [0.717, 1.165) is 35.2 Å². The lowest BCUT2D eigenvalue weighted by molar-refractivity contribution is -0.132. The van der Waals surface area contributed by atoms with Gasteiger partial charge in [-0.1, -0.05) is 6.07 Å². The lowest BCUT2D eigenvalue weighted by Crippen LogP contribution is -2.29. The van der Waals surface area contributed by atoms with Gasteiger partial charge >= 0.3 is 0 Å². The third-order valence-electron chi connectivity index (χ3n) is 5.55. The molecule has 0 radical (unpaired) electrons. The van der Waals surface area contributed by atoms with Crippen molar-refractivity contribution < 1.29 is 37.3 Å². The highest BCUT2D eigenvalue weighted by molar-refractivity contribution is 6.51. The van der Waals surface area contributed by atoms with Gasteiger partial charge in [-0.2, -0.15) is 0 Å². The smallest absolute Gasteiger partial charge is 0.300 e. The zero-order chi connectivity index (χ0) is 25.3. The number of Topliss-reactive ketones (excluding diaryl/α,β-unsaturated/α-hetero) is 1. The van der Waals surface area contributed by atoms with E-state index >= 15 is 0 Å². The molecule has 3 aromatic carbocycles. The Labute approximate surface area is 198 Å². The number of amides is 1. The van der Waals surface area contributed by atoms with Crippen LogP contribution in [0.5, 0.6) is 11.5 Å². The molecule has 0 bridgehead atoms. The maximum Gasteiger partial charge on any atom is 0.300 e. The summed E-state index contributed by atoms with van der Waals surface area (Å²) in [6, 6.07) is 10.9. The van der Waals surface area contributed by atoms with Crippen LogP contribution in [0.15, 0.2) is 66.2 Å². The van der Waals surface area contributed by atoms with Crippen LogP contribution in [0, 0.1) is 17.5 Å². The molecule has 0 saturated carbocycles. The summed E-state index contributed by atoms with van der Waals surface area (Å²) in [6.45, 7) is 2.05. The largest absolute Gasteiger partial charge is 0.507 e. The minimum absolute atomic E-state index is 0.0945. The minimum Gasteiger partial charge on any atom is -0.507 e. The summed E-state index contributed by atoms with van der Waals surface area (Å²) in [6.07, 6.45) is 0. The average Bonchev–Trinajstić information content (AvgIpc) is 3.11. The number of hydrogen-bond acceptors (Lipinski definition) is 5. The van der Waals surface area contributed by atoms with Crippen LogP contribution in [0.2, 0.25) is 0 Å². The summed E-state index contributed by atoms with van der Waals surface area (Å²) in [7, 11) is 1.44. The Hall–Kier alpha value is -4.27. The molecule has 4 rings (SSSR count). The van der Waals surface area contributed by atoms with Crippen LogP contribution in [-0.2, 0) is 9.59 Å². The van der Waals surface area contributed by atoms with Crippen LogP contribution in [0.4, 0.5) is 18.9 Å². The third kappa shape index (κ3) is 4.32. The number of benzene rings is 3. The monoisotopic (exact) mass is 483 g/mol. The number of nitrogens with zero attached hydrogens (tertiary/aromatic N) is 1. The molecular formula is C26H20F3NO5. The second-order valence-corrected chi connectivity index (χ2v) is 7.62. The maximum absolute atomic E-state index is 14.1. The standard InChI is InChI=1S/C26H20F3NO5/c1-3-35-21-12-15(6-11-20(21)34-2)23-22(24(31)14-4-7-16(27)8-5-14)25(32)26(33)30(23)17-9-10-18(28)19(29)13-17/h4-13,23,31H,3H2,1-2H3/b24-22+. The molecule has 1 saturated heterocycles. The van der Waals surface area contributed by atoms with Crippen LogP contribution >= 0.6 is 0 Å². The van der Waals surface area contributed by atoms with Gasteiger partial charge in [0.05, 0.1) is 25.3 Å². The summed E-state index contributed by atoms with van der Waals surface area (Å²) >= 11 is 0. The Morgan fingerprint density at radius 2 is 1.66 bits per heavy atom. The van der Waals surface area contributed by atoms with Gasteiger partial charge in [0.25, 0.3) is 11.7 Å². The molecule has 1 unspecified atom stereocenters. The van der Waals surface area contributed by atoms with Crippen molar-refractivity contribution in [1.29, 1.82) is 0 Å². The summed E-state index contributed by atoms with van der Waals surface area (Å²) in [5.74, 6) is -4.86. The number of anilines is 1. The molecule has 1 atom stereocenters. The highest BCUT2D eigenvalue weighted by Gasteiger charge is 2.47. The van der Waals surface area contributed by atoms with E-state index < -0.39 is 40.9 Å². The first-order valence-electron chi connectivity index (χ1n) is 10.6. The van der Waals surface area contributed by atoms with Crippen molar-refractivity contribution in [3.63, 3.8) is 0 Å². The Morgan fingerprint density at radius 1 is 0.943 bits per heavy atom. The van der Waals surface area contributed by atoms with Crippen molar-refractivity contribution in [2.24, 2.45) is 0 Å². The van der Waals surface area contributed by atoms with E-state index in [1.165, 1.54) is 25.3 Å². The molecule has 0 spiro atoms. The molecule has 0 aromatic heterocycles. The molecular weight excluding hydrogens is 463 g/mol. The first-order valence-corrected chi connectivity index (χ1v) is 10.6. The molecule has 1 aliphatic heterocycles. The quantitative estimate of drug-likeness (QED) is 0.299. The van der Waals surface area contributed by atoms with Crippen LogP contribution in [0.3, 0.4) is 0 Å². The highest BCUT2D eigenvalue weighted by atomic mass is 19.2. The molecule has 0 aliphatic carbocycles. The minimum atomic E-state index is -1.23. The first kappa shape index (κ1) is 23.9. The van der Waals surface area contributed by atoms with Crippen molar-refractivity contribution in [2.45, 2.75) is 13.0 Å². The number of methoxy groups -OCH3 is 1. The number of halogens is 3. The van der Waals surface area contributed by atoms with Gasteiger partial charge < -0.3 is 14.6 Å². The van der Waals surface area contributed by atoms with Crippen LogP contribution in [-0.4, -0.2) is 30.5 Å². The van der Waals surface area contributed by atoms with Crippen molar-refractivity contribution in [3.8, 4) is 11.5 Å². The molecule has 6 nitrogen and oxygen atoms in total.